The van der Waals surface area contributed by atoms with Crippen molar-refractivity contribution in [1.82, 2.24) is 4.90 Å². The Kier molecular flexibility index (Phi) is 6.50. The third-order valence-electron chi connectivity index (χ3n) is 7.30. The van der Waals surface area contributed by atoms with Crippen LogP contribution in [0.5, 0.6) is 0 Å². The first kappa shape index (κ1) is 19.6. The molecule has 0 N–H and O–H groups in total. The molecule has 1 spiro atoms. The second-order valence-electron chi connectivity index (χ2n) is 9.79. The number of rotatable bonds is 6. The maximum Gasteiger partial charge on any atom is 0.168 e. The number of likely N-dealkylation sites (tertiary alicyclic amines) is 1. The standard InChI is InChI=1S/C22H41NO2/c1-5-11-21(3,4)19-6-12-22(13-7-19)24-17-20(25-22)10-16-23-14-8-18(2)9-15-23/h18-20H,5-17H2,1-4H3. The quantitative estimate of drug-likeness (QED) is 0.653. The van der Waals surface area contributed by atoms with Crippen LogP contribution >= 0.6 is 0 Å². The monoisotopic (exact) mass is 351 g/mol. The molecule has 3 aliphatic rings. The van der Waals surface area contributed by atoms with Crippen LogP contribution < -0.4 is 0 Å². The van der Waals surface area contributed by atoms with E-state index in [0.29, 0.717) is 11.5 Å². The molecule has 25 heavy (non-hydrogen) atoms. The average Bonchev–Trinajstić information content (AvgIpc) is 2.97. The van der Waals surface area contributed by atoms with Gasteiger partial charge in [0.1, 0.15) is 0 Å². The van der Waals surface area contributed by atoms with Gasteiger partial charge in [-0.2, -0.15) is 0 Å². The highest BCUT2D eigenvalue weighted by molar-refractivity contribution is 4.90. The minimum absolute atomic E-state index is 0.236. The molecule has 0 amide bonds. The molecule has 1 saturated carbocycles. The lowest BCUT2D eigenvalue weighted by molar-refractivity contribution is -0.197. The van der Waals surface area contributed by atoms with Crippen molar-refractivity contribution in [3.8, 4) is 0 Å². The average molecular weight is 352 g/mol. The summed E-state index contributed by atoms with van der Waals surface area (Å²) in [6, 6.07) is 0. The molecule has 1 aliphatic carbocycles. The summed E-state index contributed by atoms with van der Waals surface area (Å²) < 4.78 is 12.7. The number of ether oxygens (including phenoxy) is 2. The van der Waals surface area contributed by atoms with Gasteiger partial charge in [0, 0.05) is 19.4 Å². The van der Waals surface area contributed by atoms with Crippen molar-refractivity contribution in [3.63, 3.8) is 0 Å². The lowest BCUT2D eigenvalue weighted by Crippen LogP contribution is -2.40. The van der Waals surface area contributed by atoms with Crippen molar-refractivity contribution < 1.29 is 9.47 Å². The van der Waals surface area contributed by atoms with Gasteiger partial charge in [0.15, 0.2) is 5.79 Å². The zero-order valence-electron chi connectivity index (χ0n) is 17.2. The van der Waals surface area contributed by atoms with Crippen molar-refractivity contribution in [2.24, 2.45) is 17.3 Å². The predicted molar refractivity (Wildman–Crippen MR) is 104 cm³/mol. The van der Waals surface area contributed by atoms with Crippen molar-refractivity contribution >= 4 is 0 Å². The van der Waals surface area contributed by atoms with Crippen LogP contribution in [0.2, 0.25) is 0 Å². The van der Waals surface area contributed by atoms with Gasteiger partial charge >= 0.3 is 0 Å². The molecular weight excluding hydrogens is 310 g/mol. The van der Waals surface area contributed by atoms with Crippen LogP contribution in [0.25, 0.3) is 0 Å². The van der Waals surface area contributed by atoms with Crippen molar-refractivity contribution in [2.75, 3.05) is 26.2 Å². The van der Waals surface area contributed by atoms with E-state index in [4.69, 9.17) is 9.47 Å². The first-order valence-corrected chi connectivity index (χ1v) is 11.0. The third kappa shape index (κ3) is 4.99. The van der Waals surface area contributed by atoms with Gasteiger partial charge < -0.3 is 14.4 Å². The van der Waals surface area contributed by atoms with Gasteiger partial charge in [-0.25, -0.2) is 0 Å². The number of nitrogens with zero attached hydrogens (tertiary/aromatic N) is 1. The topological polar surface area (TPSA) is 21.7 Å². The summed E-state index contributed by atoms with van der Waals surface area (Å²) in [6.07, 6.45) is 11.5. The zero-order valence-corrected chi connectivity index (χ0v) is 17.2. The number of hydrogen-bond donors (Lipinski definition) is 0. The minimum atomic E-state index is -0.236. The molecule has 0 bridgehead atoms. The van der Waals surface area contributed by atoms with Crippen LogP contribution in [-0.2, 0) is 9.47 Å². The van der Waals surface area contributed by atoms with Crippen LogP contribution in [0, 0.1) is 17.3 Å². The van der Waals surface area contributed by atoms with E-state index < -0.39 is 0 Å². The first-order valence-electron chi connectivity index (χ1n) is 11.0. The molecule has 2 saturated heterocycles. The molecule has 0 aromatic carbocycles. The van der Waals surface area contributed by atoms with Gasteiger partial charge in [-0.15, -0.1) is 0 Å². The fraction of sp³-hybridized carbons (Fsp3) is 1.00. The summed E-state index contributed by atoms with van der Waals surface area (Å²) >= 11 is 0. The number of piperidine rings is 1. The fourth-order valence-corrected chi connectivity index (χ4v) is 5.32. The summed E-state index contributed by atoms with van der Waals surface area (Å²) in [6.45, 7) is 14.1. The van der Waals surface area contributed by atoms with Gasteiger partial charge in [-0.1, -0.05) is 34.1 Å². The largest absolute Gasteiger partial charge is 0.347 e. The number of hydrogen-bond acceptors (Lipinski definition) is 3. The Hall–Kier alpha value is -0.120. The summed E-state index contributed by atoms with van der Waals surface area (Å²) in [4.78, 5) is 2.62. The molecule has 2 aliphatic heterocycles. The SMILES string of the molecule is CCCC(C)(C)C1CCC2(CC1)OCC(CCN1CCC(C)CC1)O2. The minimum Gasteiger partial charge on any atom is -0.347 e. The van der Waals surface area contributed by atoms with Gasteiger partial charge in [-0.3, -0.25) is 0 Å². The highest BCUT2D eigenvalue weighted by atomic mass is 16.7. The van der Waals surface area contributed by atoms with E-state index in [9.17, 15) is 0 Å². The van der Waals surface area contributed by atoms with E-state index in [2.05, 4.69) is 32.6 Å². The Morgan fingerprint density at radius 1 is 1.08 bits per heavy atom. The fourth-order valence-electron chi connectivity index (χ4n) is 5.32. The maximum absolute atomic E-state index is 6.47. The Bertz CT molecular complexity index is 406. The van der Waals surface area contributed by atoms with E-state index in [1.807, 2.05) is 0 Å². The molecule has 3 rings (SSSR count). The Morgan fingerprint density at radius 3 is 2.40 bits per heavy atom. The summed E-state index contributed by atoms with van der Waals surface area (Å²) in [5, 5.41) is 0. The Labute approximate surface area is 155 Å². The van der Waals surface area contributed by atoms with Crippen LogP contribution in [0.15, 0.2) is 0 Å². The Morgan fingerprint density at radius 2 is 1.76 bits per heavy atom. The van der Waals surface area contributed by atoms with Crippen molar-refractivity contribution in [3.05, 3.63) is 0 Å². The molecule has 146 valence electrons. The van der Waals surface area contributed by atoms with Gasteiger partial charge in [0.25, 0.3) is 0 Å². The molecule has 0 radical (unpaired) electrons. The van der Waals surface area contributed by atoms with Gasteiger partial charge in [0.05, 0.1) is 12.7 Å². The molecular formula is C22H41NO2. The summed E-state index contributed by atoms with van der Waals surface area (Å²) in [7, 11) is 0. The molecule has 0 aromatic heterocycles. The highest BCUT2D eigenvalue weighted by Crippen LogP contribution is 2.47. The maximum atomic E-state index is 6.47. The third-order valence-corrected chi connectivity index (χ3v) is 7.30. The lowest BCUT2D eigenvalue weighted by Gasteiger charge is -2.42. The van der Waals surface area contributed by atoms with E-state index >= 15 is 0 Å². The summed E-state index contributed by atoms with van der Waals surface area (Å²) in [5.74, 6) is 1.51. The Balaban J connectivity index is 1.41. The molecule has 3 heteroatoms. The second kappa shape index (κ2) is 8.27. The van der Waals surface area contributed by atoms with Crippen molar-refractivity contribution in [2.45, 2.75) is 97.4 Å². The van der Waals surface area contributed by atoms with E-state index in [1.165, 1.54) is 58.2 Å². The molecule has 1 atom stereocenters. The van der Waals surface area contributed by atoms with E-state index in [1.54, 1.807) is 0 Å². The van der Waals surface area contributed by atoms with Crippen molar-refractivity contribution in [1.29, 1.82) is 0 Å². The van der Waals surface area contributed by atoms with Crippen LogP contribution in [0.3, 0.4) is 0 Å². The zero-order chi connectivity index (χ0) is 17.9. The molecule has 0 aromatic rings. The van der Waals surface area contributed by atoms with Crippen LogP contribution in [0.4, 0.5) is 0 Å². The molecule has 2 heterocycles. The van der Waals surface area contributed by atoms with Gasteiger partial charge in [-0.05, 0) is 68.9 Å². The van der Waals surface area contributed by atoms with Crippen LogP contribution in [-0.4, -0.2) is 43.0 Å². The smallest absolute Gasteiger partial charge is 0.168 e. The lowest BCUT2D eigenvalue weighted by atomic mass is 9.68. The second-order valence-corrected chi connectivity index (χ2v) is 9.79. The predicted octanol–water partition coefficient (Wildman–Crippen LogP) is 5.24. The van der Waals surface area contributed by atoms with E-state index in [-0.39, 0.29) is 5.79 Å². The van der Waals surface area contributed by atoms with E-state index in [0.717, 1.165) is 37.7 Å². The molecule has 3 fully saturated rings. The normalized spacial score (nSPS) is 35.5. The highest BCUT2D eigenvalue weighted by Gasteiger charge is 2.46. The molecule has 3 nitrogen and oxygen atoms in total. The first-order chi connectivity index (χ1) is 11.9. The summed E-state index contributed by atoms with van der Waals surface area (Å²) in [5.41, 5.74) is 0.472. The van der Waals surface area contributed by atoms with Gasteiger partial charge in [0.2, 0.25) is 0 Å². The molecule has 1 unspecified atom stereocenters. The van der Waals surface area contributed by atoms with Crippen LogP contribution in [0.1, 0.15) is 85.5 Å².